The Morgan fingerprint density at radius 2 is 1.82 bits per heavy atom. The number of hydrogen-bond acceptors (Lipinski definition) is 1. The minimum absolute atomic E-state index is 0.451. The third kappa shape index (κ3) is 3.87. The van der Waals surface area contributed by atoms with Crippen molar-refractivity contribution < 1.29 is 0 Å². The molecule has 64 valence electrons. The highest BCUT2D eigenvalue weighted by Crippen LogP contribution is 2.16. The van der Waals surface area contributed by atoms with Crippen LogP contribution < -0.4 is 5.73 Å². The normalized spacial score (nSPS) is 15.2. The fraction of sp³-hybridized carbons (Fsp3) is 0.600. The van der Waals surface area contributed by atoms with E-state index in [1.165, 1.54) is 0 Å². The monoisotopic (exact) mass is 153 g/mol. The molecule has 1 atom stereocenters. The SMILES string of the molecule is C=C(C)/C=C(/N)C(C)C(C)C. The standard InChI is InChI=1S/C10H19N/c1-7(2)6-10(11)9(5)8(3)4/h6,8-9H,1,11H2,2-5H3/b10-6+. The topological polar surface area (TPSA) is 26.0 Å². The second-order valence-electron chi connectivity index (χ2n) is 3.52. The predicted octanol–water partition coefficient (Wildman–Crippen LogP) is 2.70. The number of hydrogen-bond donors (Lipinski definition) is 1. The van der Waals surface area contributed by atoms with Gasteiger partial charge in [-0.3, -0.25) is 0 Å². The van der Waals surface area contributed by atoms with E-state index < -0.39 is 0 Å². The van der Waals surface area contributed by atoms with E-state index in [9.17, 15) is 0 Å². The quantitative estimate of drug-likeness (QED) is 0.620. The minimum Gasteiger partial charge on any atom is -0.402 e. The van der Waals surface area contributed by atoms with Crippen molar-refractivity contribution in [3.05, 3.63) is 23.9 Å². The first-order valence-corrected chi connectivity index (χ1v) is 4.07. The lowest BCUT2D eigenvalue weighted by Crippen LogP contribution is -2.14. The third-order valence-corrected chi connectivity index (χ3v) is 1.94. The van der Waals surface area contributed by atoms with Crippen LogP contribution >= 0.6 is 0 Å². The van der Waals surface area contributed by atoms with Crippen molar-refractivity contribution in [1.29, 1.82) is 0 Å². The summed E-state index contributed by atoms with van der Waals surface area (Å²) in [5.41, 5.74) is 7.78. The molecule has 0 fully saturated rings. The van der Waals surface area contributed by atoms with Crippen LogP contribution in [0.25, 0.3) is 0 Å². The van der Waals surface area contributed by atoms with Crippen LogP contribution in [0.3, 0.4) is 0 Å². The van der Waals surface area contributed by atoms with E-state index in [0.717, 1.165) is 11.3 Å². The molecule has 1 unspecified atom stereocenters. The lowest BCUT2D eigenvalue weighted by molar-refractivity contribution is 0.476. The largest absolute Gasteiger partial charge is 0.402 e. The van der Waals surface area contributed by atoms with Crippen LogP contribution in [0, 0.1) is 11.8 Å². The first kappa shape index (κ1) is 10.3. The van der Waals surface area contributed by atoms with Gasteiger partial charge in [0, 0.05) is 5.70 Å². The molecule has 1 heteroatoms. The molecule has 0 radical (unpaired) electrons. The molecule has 0 aromatic rings. The molecule has 11 heavy (non-hydrogen) atoms. The van der Waals surface area contributed by atoms with E-state index in [0.29, 0.717) is 11.8 Å². The summed E-state index contributed by atoms with van der Waals surface area (Å²) in [7, 11) is 0. The van der Waals surface area contributed by atoms with Gasteiger partial charge in [-0.1, -0.05) is 32.9 Å². The average Bonchev–Trinajstić information content (AvgIpc) is 1.84. The predicted molar refractivity (Wildman–Crippen MR) is 51.1 cm³/mol. The van der Waals surface area contributed by atoms with E-state index in [-0.39, 0.29) is 0 Å². The molecule has 0 aliphatic carbocycles. The maximum Gasteiger partial charge on any atom is 0.0114 e. The molecule has 0 saturated heterocycles. The van der Waals surface area contributed by atoms with Gasteiger partial charge in [0.25, 0.3) is 0 Å². The average molecular weight is 153 g/mol. The summed E-state index contributed by atoms with van der Waals surface area (Å²) in [4.78, 5) is 0. The molecule has 0 aliphatic heterocycles. The van der Waals surface area contributed by atoms with Crippen molar-refractivity contribution >= 4 is 0 Å². The van der Waals surface area contributed by atoms with Crippen LogP contribution in [0.1, 0.15) is 27.7 Å². The van der Waals surface area contributed by atoms with Crippen molar-refractivity contribution in [1.82, 2.24) is 0 Å². The Balaban J connectivity index is 4.23. The Hall–Kier alpha value is -0.720. The van der Waals surface area contributed by atoms with E-state index >= 15 is 0 Å². The smallest absolute Gasteiger partial charge is 0.0114 e. The summed E-state index contributed by atoms with van der Waals surface area (Å²) in [5, 5.41) is 0. The number of rotatable bonds is 3. The van der Waals surface area contributed by atoms with Gasteiger partial charge in [-0.25, -0.2) is 0 Å². The highest BCUT2D eigenvalue weighted by Gasteiger charge is 2.08. The van der Waals surface area contributed by atoms with Crippen LogP contribution in [0.5, 0.6) is 0 Å². The van der Waals surface area contributed by atoms with Crippen molar-refractivity contribution in [2.45, 2.75) is 27.7 Å². The van der Waals surface area contributed by atoms with E-state index in [1.807, 2.05) is 13.0 Å². The Morgan fingerprint density at radius 1 is 1.36 bits per heavy atom. The summed E-state index contributed by atoms with van der Waals surface area (Å²) in [5.74, 6) is 1.05. The third-order valence-electron chi connectivity index (χ3n) is 1.94. The first-order valence-electron chi connectivity index (χ1n) is 4.07. The van der Waals surface area contributed by atoms with Crippen molar-refractivity contribution in [3.63, 3.8) is 0 Å². The number of allylic oxidation sites excluding steroid dienone is 3. The van der Waals surface area contributed by atoms with Gasteiger partial charge in [-0.2, -0.15) is 0 Å². The Morgan fingerprint density at radius 3 is 2.09 bits per heavy atom. The molecule has 0 amide bonds. The molecule has 0 aromatic heterocycles. The maximum absolute atomic E-state index is 5.82. The molecule has 0 bridgehead atoms. The van der Waals surface area contributed by atoms with Gasteiger partial charge in [-0.05, 0) is 24.8 Å². The molecule has 0 heterocycles. The summed E-state index contributed by atoms with van der Waals surface area (Å²) >= 11 is 0. The molecule has 0 rings (SSSR count). The van der Waals surface area contributed by atoms with Crippen LogP contribution in [0.4, 0.5) is 0 Å². The lowest BCUT2D eigenvalue weighted by Gasteiger charge is -2.15. The van der Waals surface area contributed by atoms with E-state index in [4.69, 9.17) is 5.73 Å². The fourth-order valence-corrected chi connectivity index (χ4v) is 0.801. The Labute approximate surface area is 70.0 Å². The second-order valence-corrected chi connectivity index (χ2v) is 3.52. The Bertz CT molecular complexity index is 166. The minimum atomic E-state index is 0.451. The Kier molecular flexibility index (Phi) is 3.94. The first-order chi connectivity index (χ1) is 4.95. The summed E-state index contributed by atoms with van der Waals surface area (Å²) in [6.45, 7) is 12.2. The van der Waals surface area contributed by atoms with E-state index in [2.05, 4.69) is 27.4 Å². The molecule has 2 N–H and O–H groups in total. The van der Waals surface area contributed by atoms with Gasteiger partial charge in [0.2, 0.25) is 0 Å². The zero-order valence-electron chi connectivity index (χ0n) is 8.02. The molecular weight excluding hydrogens is 134 g/mol. The van der Waals surface area contributed by atoms with Crippen molar-refractivity contribution in [3.8, 4) is 0 Å². The zero-order chi connectivity index (χ0) is 9.02. The van der Waals surface area contributed by atoms with Crippen molar-refractivity contribution in [2.24, 2.45) is 17.6 Å². The summed E-state index contributed by atoms with van der Waals surface area (Å²) < 4.78 is 0. The molecule has 1 nitrogen and oxygen atoms in total. The van der Waals surface area contributed by atoms with Crippen LogP contribution in [0.15, 0.2) is 23.9 Å². The van der Waals surface area contributed by atoms with Gasteiger partial charge in [0.05, 0.1) is 0 Å². The maximum atomic E-state index is 5.82. The number of nitrogens with two attached hydrogens (primary N) is 1. The highest BCUT2D eigenvalue weighted by atomic mass is 14.6. The molecule has 0 saturated carbocycles. The molecule has 0 spiro atoms. The second kappa shape index (κ2) is 4.22. The van der Waals surface area contributed by atoms with Crippen LogP contribution in [-0.4, -0.2) is 0 Å². The molecule has 0 aromatic carbocycles. The van der Waals surface area contributed by atoms with Gasteiger partial charge >= 0.3 is 0 Å². The van der Waals surface area contributed by atoms with Crippen LogP contribution in [0.2, 0.25) is 0 Å². The summed E-state index contributed by atoms with van der Waals surface area (Å²) in [6, 6.07) is 0. The van der Waals surface area contributed by atoms with Crippen LogP contribution in [-0.2, 0) is 0 Å². The highest BCUT2D eigenvalue weighted by molar-refractivity contribution is 5.18. The fourth-order valence-electron chi connectivity index (χ4n) is 0.801. The van der Waals surface area contributed by atoms with Crippen molar-refractivity contribution in [2.75, 3.05) is 0 Å². The van der Waals surface area contributed by atoms with Gasteiger partial charge in [0.15, 0.2) is 0 Å². The van der Waals surface area contributed by atoms with Gasteiger partial charge in [-0.15, -0.1) is 0 Å². The molecular formula is C10H19N. The lowest BCUT2D eigenvalue weighted by atomic mass is 9.94. The van der Waals surface area contributed by atoms with Gasteiger partial charge < -0.3 is 5.73 Å². The zero-order valence-corrected chi connectivity index (χ0v) is 8.02. The van der Waals surface area contributed by atoms with E-state index in [1.54, 1.807) is 0 Å². The summed E-state index contributed by atoms with van der Waals surface area (Å²) in [6.07, 6.45) is 1.95. The molecule has 0 aliphatic rings. The van der Waals surface area contributed by atoms with Gasteiger partial charge in [0.1, 0.15) is 0 Å².